The van der Waals surface area contributed by atoms with Gasteiger partial charge in [0, 0.05) is 6.07 Å². The van der Waals surface area contributed by atoms with E-state index < -0.39 is 0 Å². The molecule has 0 unspecified atom stereocenters. The predicted molar refractivity (Wildman–Crippen MR) is 57.4 cm³/mol. The Hall–Kier alpha value is -1.62. The fourth-order valence-electron chi connectivity index (χ4n) is 1.36. The highest BCUT2D eigenvalue weighted by atomic mass is 35.5. The summed E-state index contributed by atoms with van der Waals surface area (Å²) >= 11 is 5.67. The van der Waals surface area contributed by atoms with E-state index in [1.807, 2.05) is 0 Å². The quantitative estimate of drug-likeness (QED) is 0.773. The summed E-state index contributed by atoms with van der Waals surface area (Å²) in [6.45, 7) is 0. The van der Waals surface area contributed by atoms with Crippen LogP contribution in [0.25, 0.3) is 5.69 Å². The van der Waals surface area contributed by atoms with Gasteiger partial charge in [0.05, 0.1) is 18.7 Å². The molecule has 0 aliphatic rings. The van der Waals surface area contributed by atoms with Crippen molar-refractivity contribution in [2.24, 2.45) is 0 Å². The third-order valence-corrected chi connectivity index (χ3v) is 2.39. The lowest BCUT2D eigenvalue weighted by Crippen LogP contribution is -2.01. The molecule has 0 bridgehead atoms. The van der Waals surface area contributed by atoms with Gasteiger partial charge in [-0.2, -0.15) is 0 Å². The van der Waals surface area contributed by atoms with E-state index in [-0.39, 0.29) is 11.7 Å². The summed E-state index contributed by atoms with van der Waals surface area (Å²) in [5.74, 6) is 0.822. The lowest BCUT2D eigenvalue weighted by atomic mass is 10.3. The van der Waals surface area contributed by atoms with Gasteiger partial charge in [0.15, 0.2) is 5.82 Å². The summed E-state index contributed by atoms with van der Waals surface area (Å²) in [4.78, 5) is 0. The number of hydrogen-bond donors (Lipinski definition) is 0. The van der Waals surface area contributed by atoms with Gasteiger partial charge in [0.25, 0.3) is 0 Å². The summed E-state index contributed by atoms with van der Waals surface area (Å²) in [5.41, 5.74) is 0.319. The molecule has 0 atom stereocenters. The highest BCUT2D eigenvalue weighted by Gasteiger charge is 2.10. The van der Waals surface area contributed by atoms with Crippen LogP contribution in [0.2, 0.25) is 0 Å². The minimum Gasteiger partial charge on any atom is -0.497 e. The fraction of sp³-hybridized carbons (Fsp3) is 0.200. The van der Waals surface area contributed by atoms with Crippen LogP contribution in [0.4, 0.5) is 4.39 Å². The van der Waals surface area contributed by atoms with Crippen LogP contribution >= 0.6 is 11.6 Å². The molecule has 1 heterocycles. The van der Waals surface area contributed by atoms with Crippen LogP contribution in [0.1, 0.15) is 5.82 Å². The van der Waals surface area contributed by atoms with Crippen LogP contribution < -0.4 is 4.74 Å². The Bertz CT molecular complexity index is 501. The Labute approximate surface area is 96.6 Å². The molecular weight excluding hydrogens is 233 g/mol. The topological polar surface area (TPSA) is 39.9 Å². The molecule has 16 heavy (non-hydrogen) atoms. The van der Waals surface area contributed by atoms with Crippen LogP contribution in [0, 0.1) is 5.82 Å². The summed E-state index contributed by atoms with van der Waals surface area (Å²) in [6.07, 6.45) is 1.41. The first-order valence-electron chi connectivity index (χ1n) is 4.55. The zero-order valence-electron chi connectivity index (χ0n) is 8.52. The number of benzene rings is 1. The number of hydrogen-bond acceptors (Lipinski definition) is 3. The molecule has 0 saturated carbocycles. The van der Waals surface area contributed by atoms with Crippen molar-refractivity contribution in [1.29, 1.82) is 0 Å². The Morgan fingerprint density at radius 3 is 3.00 bits per heavy atom. The van der Waals surface area contributed by atoms with Gasteiger partial charge in [-0.3, -0.25) is 4.57 Å². The van der Waals surface area contributed by atoms with E-state index in [4.69, 9.17) is 16.3 Å². The maximum Gasteiger partial charge on any atom is 0.152 e. The van der Waals surface area contributed by atoms with Gasteiger partial charge in [0.2, 0.25) is 0 Å². The van der Waals surface area contributed by atoms with E-state index in [0.717, 1.165) is 0 Å². The standard InChI is InChI=1S/C10H9ClFN3O/c1-16-7-2-3-8(12)9(4-7)15-6-13-14-10(15)5-11/h2-4,6H,5H2,1H3. The number of methoxy groups -OCH3 is 1. The van der Waals surface area contributed by atoms with E-state index >= 15 is 0 Å². The molecule has 0 radical (unpaired) electrons. The number of rotatable bonds is 3. The molecule has 0 aliphatic heterocycles. The Morgan fingerprint density at radius 1 is 1.50 bits per heavy atom. The molecule has 1 aromatic carbocycles. The maximum absolute atomic E-state index is 13.6. The maximum atomic E-state index is 13.6. The first kappa shape index (κ1) is 10.9. The average Bonchev–Trinajstić information content (AvgIpc) is 2.77. The Balaban J connectivity index is 2.54. The van der Waals surface area contributed by atoms with E-state index in [2.05, 4.69) is 10.2 Å². The molecular formula is C10H9ClFN3O. The summed E-state index contributed by atoms with van der Waals surface area (Å²) in [5, 5.41) is 7.47. The Morgan fingerprint density at radius 2 is 2.31 bits per heavy atom. The molecule has 0 aliphatic carbocycles. The normalized spacial score (nSPS) is 10.4. The fourth-order valence-corrected chi connectivity index (χ4v) is 1.54. The van der Waals surface area contributed by atoms with E-state index in [0.29, 0.717) is 17.3 Å². The number of nitrogens with zero attached hydrogens (tertiary/aromatic N) is 3. The van der Waals surface area contributed by atoms with Crippen molar-refractivity contribution in [3.8, 4) is 11.4 Å². The lowest BCUT2D eigenvalue weighted by Gasteiger charge is -2.08. The van der Waals surface area contributed by atoms with Crippen molar-refractivity contribution < 1.29 is 9.13 Å². The molecule has 84 valence electrons. The molecule has 0 N–H and O–H groups in total. The van der Waals surface area contributed by atoms with Crippen LogP contribution in [-0.4, -0.2) is 21.9 Å². The van der Waals surface area contributed by atoms with E-state index in [1.165, 1.54) is 24.1 Å². The van der Waals surface area contributed by atoms with Crippen molar-refractivity contribution in [3.63, 3.8) is 0 Å². The van der Waals surface area contributed by atoms with Crippen molar-refractivity contribution in [2.45, 2.75) is 5.88 Å². The first-order chi connectivity index (χ1) is 7.76. The molecule has 1 aromatic heterocycles. The van der Waals surface area contributed by atoms with Gasteiger partial charge >= 0.3 is 0 Å². The monoisotopic (exact) mass is 241 g/mol. The lowest BCUT2D eigenvalue weighted by molar-refractivity contribution is 0.413. The second-order valence-electron chi connectivity index (χ2n) is 3.07. The summed E-state index contributed by atoms with van der Waals surface area (Å²) < 4.78 is 20.1. The van der Waals surface area contributed by atoms with Crippen LogP contribution in [0.15, 0.2) is 24.5 Å². The molecule has 4 nitrogen and oxygen atoms in total. The second kappa shape index (κ2) is 4.49. The zero-order chi connectivity index (χ0) is 11.5. The van der Waals surface area contributed by atoms with Gasteiger partial charge in [0.1, 0.15) is 17.9 Å². The molecule has 6 heteroatoms. The van der Waals surface area contributed by atoms with E-state index in [1.54, 1.807) is 12.1 Å². The smallest absolute Gasteiger partial charge is 0.152 e. The van der Waals surface area contributed by atoms with Gasteiger partial charge in [-0.1, -0.05) is 0 Å². The molecule has 0 fully saturated rings. The van der Waals surface area contributed by atoms with Crippen molar-refractivity contribution in [3.05, 3.63) is 36.2 Å². The molecule has 2 aromatic rings. The summed E-state index contributed by atoms with van der Waals surface area (Å²) in [7, 11) is 1.52. The largest absolute Gasteiger partial charge is 0.497 e. The van der Waals surface area contributed by atoms with Crippen molar-refractivity contribution in [1.82, 2.24) is 14.8 Å². The molecule has 2 rings (SSSR count). The number of ether oxygens (including phenoxy) is 1. The third-order valence-electron chi connectivity index (χ3n) is 2.15. The van der Waals surface area contributed by atoms with Crippen LogP contribution in [0.5, 0.6) is 5.75 Å². The van der Waals surface area contributed by atoms with Gasteiger partial charge in [-0.05, 0) is 12.1 Å². The highest BCUT2D eigenvalue weighted by molar-refractivity contribution is 6.16. The Kier molecular flexibility index (Phi) is 3.05. The van der Waals surface area contributed by atoms with Gasteiger partial charge in [-0.25, -0.2) is 4.39 Å². The minimum absolute atomic E-state index is 0.163. The van der Waals surface area contributed by atoms with Crippen molar-refractivity contribution >= 4 is 11.6 Å². The SMILES string of the molecule is COc1ccc(F)c(-n2cnnc2CCl)c1. The average molecular weight is 242 g/mol. The minimum atomic E-state index is -0.382. The summed E-state index contributed by atoms with van der Waals surface area (Å²) in [6, 6.07) is 4.43. The van der Waals surface area contributed by atoms with Crippen molar-refractivity contribution in [2.75, 3.05) is 7.11 Å². The second-order valence-corrected chi connectivity index (χ2v) is 3.34. The highest BCUT2D eigenvalue weighted by Crippen LogP contribution is 2.21. The predicted octanol–water partition coefficient (Wildman–Crippen LogP) is 2.15. The molecule has 0 spiro atoms. The van der Waals surface area contributed by atoms with Crippen LogP contribution in [0.3, 0.4) is 0 Å². The van der Waals surface area contributed by atoms with Gasteiger partial charge < -0.3 is 4.74 Å². The number of halogens is 2. The van der Waals surface area contributed by atoms with Gasteiger partial charge in [-0.15, -0.1) is 21.8 Å². The molecule has 0 saturated heterocycles. The molecule has 0 amide bonds. The number of aromatic nitrogens is 3. The van der Waals surface area contributed by atoms with Crippen LogP contribution in [-0.2, 0) is 5.88 Å². The first-order valence-corrected chi connectivity index (χ1v) is 5.08. The third kappa shape index (κ3) is 1.86. The van der Waals surface area contributed by atoms with E-state index in [9.17, 15) is 4.39 Å². The zero-order valence-corrected chi connectivity index (χ0v) is 9.28. The number of alkyl halides is 1.